The van der Waals surface area contributed by atoms with Crippen molar-refractivity contribution in [3.05, 3.63) is 18.0 Å². The number of rotatable bonds is 7. The van der Waals surface area contributed by atoms with E-state index in [1.807, 2.05) is 0 Å². The van der Waals surface area contributed by atoms with Gasteiger partial charge in [-0.3, -0.25) is 4.68 Å². The maximum absolute atomic E-state index is 5.44. The highest BCUT2D eigenvalue weighted by Crippen LogP contribution is 2.28. The molecule has 0 amide bonds. The summed E-state index contributed by atoms with van der Waals surface area (Å²) >= 11 is 0. The van der Waals surface area contributed by atoms with Crippen LogP contribution in [0, 0.1) is 5.41 Å². The molecule has 0 spiro atoms. The van der Waals surface area contributed by atoms with Crippen molar-refractivity contribution in [1.29, 1.82) is 0 Å². The first-order valence-corrected chi connectivity index (χ1v) is 7.99. The normalized spacial score (nSPS) is 18.6. The molecule has 1 aromatic rings. The van der Waals surface area contributed by atoms with Crippen molar-refractivity contribution in [3.8, 4) is 0 Å². The van der Waals surface area contributed by atoms with Gasteiger partial charge >= 0.3 is 0 Å². The minimum atomic E-state index is 0.385. The van der Waals surface area contributed by atoms with Crippen molar-refractivity contribution in [3.63, 3.8) is 0 Å². The SMILES string of the molecule is CCC(CC)n1ccc(CNCC2(C)CCOCC2)n1. The number of hydrogen-bond donors (Lipinski definition) is 1. The van der Waals surface area contributed by atoms with Gasteiger partial charge in [0.2, 0.25) is 0 Å². The number of aromatic nitrogens is 2. The monoisotopic (exact) mass is 279 g/mol. The van der Waals surface area contributed by atoms with Crippen LogP contribution in [0.1, 0.15) is 58.2 Å². The van der Waals surface area contributed by atoms with Gasteiger partial charge in [0.25, 0.3) is 0 Å². The second-order valence-corrected chi connectivity index (χ2v) is 6.28. The minimum absolute atomic E-state index is 0.385. The Labute approximate surface area is 122 Å². The minimum Gasteiger partial charge on any atom is -0.381 e. The van der Waals surface area contributed by atoms with E-state index < -0.39 is 0 Å². The van der Waals surface area contributed by atoms with Crippen LogP contribution in [0.2, 0.25) is 0 Å². The molecule has 0 radical (unpaired) electrons. The van der Waals surface area contributed by atoms with Crippen LogP contribution in [-0.4, -0.2) is 29.5 Å². The Balaban J connectivity index is 1.79. The lowest BCUT2D eigenvalue weighted by atomic mass is 9.82. The Morgan fingerprint density at radius 2 is 2.05 bits per heavy atom. The maximum atomic E-state index is 5.44. The van der Waals surface area contributed by atoms with E-state index in [0.29, 0.717) is 11.5 Å². The van der Waals surface area contributed by atoms with Crippen LogP contribution in [0.15, 0.2) is 12.3 Å². The molecule has 0 unspecified atom stereocenters. The summed E-state index contributed by atoms with van der Waals surface area (Å²) in [7, 11) is 0. The van der Waals surface area contributed by atoms with Gasteiger partial charge in [-0.05, 0) is 37.2 Å². The molecule has 1 aliphatic rings. The Morgan fingerprint density at radius 3 is 2.70 bits per heavy atom. The summed E-state index contributed by atoms with van der Waals surface area (Å²) in [6.45, 7) is 10.5. The van der Waals surface area contributed by atoms with E-state index in [1.54, 1.807) is 0 Å². The second kappa shape index (κ2) is 7.23. The predicted octanol–water partition coefficient (Wildman–Crippen LogP) is 3.15. The van der Waals surface area contributed by atoms with Crippen molar-refractivity contribution in [2.24, 2.45) is 5.41 Å². The summed E-state index contributed by atoms with van der Waals surface area (Å²) in [4.78, 5) is 0. The number of nitrogens with zero attached hydrogens (tertiary/aromatic N) is 2. The van der Waals surface area contributed by atoms with Gasteiger partial charge in [0.15, 0.2) is 0 Å². The van der Waals surface area contributed by atoms with E-state index in [1.165, 1.54) is 0 Å². The maximum Gasteiger partial charge on any atom is 0.0762 e. The van der Waals surface area contributed by atoms with Crippen LogP contribution >= 0.6 is 0 Å². The molecule has 4 nitrogen and oxygen atoms in total. The van der Waals surface area contributed by atoms with Gasteiger partial charge in [0.05, 0.1) is 11.7 Å². The fourth-order valence-corrected chi connectivity index (χ4v) is 2.87. The van der Waals surface area contributed by atoms with Gasteiger partial charge in [-0.2, -0.15) is 5.10 Å². The van der Waals surface area contributed by atoms with Crippen molar-refractivity contribution in [1.82, 2.24) is 15.1 Å². The lowest BCUT2D eigenvalue weighted by Crippen LogP contribution is -2.36. The van der Waals surface area contributed by atoms with Crippen LogP contribution in [0.3, 0.4) is 0 Å². The van der Waals surface area contributed by atoms with Gasteiger partial charge in [0.1, 0.15) is 0 Å². The van der Waals surface area contributed by atoms with Crippen LogP contribution in [0.25, 0.3) is 0 Å². The smallest absolute Gasteiger partial charge is 0.0762 e. The lowest BCUT2D eigenvalue weighted by Gasteiger charge is -2.33. The zero-order valence-corrected chi connectivity index (χ0v) is 13.2. The van der Waals surface area contributed by atoms with Gasteiger partial charge in [0, 0.05) is 32.5 Å². The predicted molar refractivity (Wildman–Crippen MR) is 81.7 cm³/mol. The lowest BCUT2D eigenvalue weighted by molar-refractivity contribution is 0.0239. The second-order valence-electron chi connectivity index (χ2n) is 6.28. The summed E-state index contributed by atoms with van der Waals surface area (Å²) in [5, 5.41) is 8.26. The Morgan fingerprint density at radius 1 is 1.35 bits per heavy atom. The first kappa shape index (κ1) is 15.5. The fourth-order valence-electron chi connectivity index (χ4n) is 2.87. The molecule has 20 heavy (non-hydrogen) atoms. The molecule has 114 valence electrons. The zero-order chi connectivity index (χ0) is 14.4. The Kier molecular flexibility index (Phi) is 5.61. The Bertz CT molecular complexity index is 392. The highest BCUT2D eigenvalue weighted by atomic mass is 16.5. The zero-order valence-electron chi connectivity index (χ0n) is 13.2. The molecule has 0 bridgehead atoms. The van der Waals surface area contributed by atoms with Crippen molar-refractivity contribution in [2.45, 2.75) is 59.0 Å². The summed E-state index contributed by atoms with van der Waals surface area (Å²) in [6.07, 6.45) is 6.71. The third kappa shape index (κ3) is 4.06. The van der Waals surface area contributed by atoms with Crippen LogP contribution in [0.5, 0.6) is 0 Å². The molecule has 0 aromatic carbocycles. The van der Waals surface area contributed by atoms with Gasteiger partial charge in [-0.25, -0.2) is 0 Å². The van der Waals surface area contributed by atoms with Crippen molar-refractivity contribution >= 4 is 0 Å². The molecule has 1 saturated heterocycles. The topological polar surface area (TPSA) is 39.1 Å². The highest BCUT2D eigenvalue weighted by Gasteiger charge is 2.26. The molecule has 4 heteroatoms. The molecular weight excluding hydrogens is 250 g/mol. The number of ether oxygens (including phenoxy) is 1. The third-order valence-corrected chi connectivity index (χ3v) is 4.54. The molecule has 2 rings (SSSR count). The molecular formula is C16H29N3O. The molecule has 0 atom stereocenters. The highest BCUT2D eigenvalue weighted by molar-refractivity contribution is 4.99. The fraction of sp³-hybridized carbons (Fsp3) is 0.812. The standard InChI is InChI=1S/C16H29N3O/c1-4-15(5-2)19-9-6-14(18-19)12-17-13-16(3)7-10-20-11-8-16/h6,9,15,17H,4-5,7-8,10-13H2,1-3H3. The van der Waals surface area contributed by atoms with E-state index in [0.717, 1.165) is 57.7 Å². The first-order valence-electron chi connectivity index (χ1n) is 7.99. The van der Waals surface area contributed by atoms with E-state index in [-0.39, 0.29) is 0 Å². The number of nitrogens with one attached hydrogen (secondary N) is 1. The van der Waals surface area contributed by atoms with Crippen molar-refractivity contribution < 1.29 is 4.74 Å². The van der Waals surface area contributed by atoms with Crippen LogP contribution < -0.4 is 5.32 Å². The largest absolute Gasteiger partial charge is 0.381 e. The average molecular weight is 279 g/mol. The average Bonchev–Trinajstić information content (AvgIpc) is 2.89. The molecule has 1 fully saturated rings. The summed E-state index contributed by atoms with van der Waals surface area (Å²) in [5.41, 5.74) is 1.53. The third-order valence-electron chi connectivity index (χ3n) is 4.54. The molecule has 0 aliphatic carbocycles. The first-order chi connectivity index (χ1) is 9.67. The number of hydrogen-bond acceptors (Lipinski definition) is 3. The van der Waals surface area contributed by atoms with E-state index in [4.69, 9.17) is 4.74 Å². The van der Waals surface area contributed by atoms with Crippen molar-refractivity contribution in [2.75, 3.05) is 19.8 Å². The summed E-state index contributed by atoms with van der Waals surface area (Å²) < 4.78 is 7.56. The van der Waals surface area contributed by atoms with E-state index in [9.17, 15) is 0 Å². The van der Waals surface area contributed by atoms with Crippen LogP contribution in [-0.2, 0) is 11.3 Å². The van der Waals surface area contributed by atoms with E-state index >= 15 is 0 Å². The van der Waals surface area contributed by atoms with Crippen LogP contribution in [0.4, 0.5) is 0 Å². The quantitative estimate of drug-likeness (QED) is 0.833. The molecule has 1 N–H and O–H groups in total. The summed E-state index contributed by atoms with van der Waals surface area (Å²) in [5.74, 6) is 0. The molecule has 1 aliphatic heterocycles. The Hall–Kier alpha value is -0.870. The molecule has 2 heterocycles. The van der Waals surface area contributed by atoms with Gasteiger partial charge in [-0.15, -0.1) is 0 Å². The van der Waals surface area contributed by atoms with Gasteiger partial charge < -0.3 is 10.1 Å². The molecule has 1 aromatic heterocycles. The summed E-state index contributed by atoms with van der Waals surface area (Å²) in [6, 6.07) is 2.68. The van der Waals surface area contributed by atoms with E-state index in [2.05, 4.69) is 48.1 Å². The van der Waals surface area contributed by atoms with Gasteiger partial charge in [-0.1, -0.05) is 20.8 Å². The molecule has 0 saturated carbocycles.